The first-order chi connectivity index (χ1) is 12.4. The van der Waals surface area contributed by atoms with E-state index in [1.165, 1.54) is 12.1 Å². The third-order valence-electron chi connectivity index (χ3n) is 3.19. The van der Waals surface area contributed by atoms with Crippen LogP contribution in [0.1, 0.15) is 16.3 Å². The van der Waals surface area contributed by atoms with Crippen molar-refractivity contribution in [2.75, 3.05) is 10.6 Å². The summed E-state index contributed by atoms with van der Waals surface area (Å²) >= 11 is 1.16. The molecule has 1 aromatic carbocycles. The molecule has 0 unspecified atom stereocenters. The van der Waals surface area contributed by atoms with E-state index < -0.39 is 17.8 Å². The number of hydrogen-bond acceptors (Lipinski definition) is 5. The molecule has 134 valence electrons. The summed E-state index contributed by atoms with van der Waals surface area (Å²) in [6.07, 6.45) is -2.35. The Morgan fingerprint density at radius 3 is 2.65 bits per heavy atom. The monoisotopic (exact) mass is 379 g/mol. The van der Waals surface area contributed by atoms with Gasteiger partial charge in [0.25, 0.3) is 0 Å². The molecule has 2 heterocycles. The molecule has 0 aliphatic carbocycles. The van der Waals surface area contributed by atoms with Gasteiger partial charge in [0.1, 0.15) is 5.01 Å². The smallest absolute Gasteiger partial charge is 0.308 e. The van der Waals surface area contributed by atoms with Crippen LogP contribution in [0.5, 0.6) is 0 Å². The van der Waals surface area contributed by atoms with Gasteiger partial charge in [0.15, 0.2) is 0 Å². The second-order valence-corrected chi connectivity index (χ2v) is 6.22. The lowest BCUT2D eigenvalue weighted by atomic mass is 10.2. The van der Waals surface area contributed by atoms with Gasteiger partial charge in [-0.2, -0.15) is 13.2 Å². The number of carbonyl (C=O) groups is 1. The number of urea groups is 1. The van der Waals surface area contributed by atoms with Crippen molar-refractivity contribution in [1.82, 2.24) is 15.2 Å². The summed E-state index contributed by atoms with van der Waals surface area (Å²) in [5, 5.41) is 13.5. The van der Waals surface area contributed by atoms with E-state index in [9.17, 15) is 18.0 Å². The number of aromatic nitrogens is 3. The summed E-state index contributed by atoms with van der Waals surface area (Å²) in [6, 6.07) is 9.15. The normalized spacial score (nSPS) is 11.2. The van der Waals surface area contributed by atoms with E-state index in [-0.39, 0.29) is 10.8 Å². The Morgan fingerprint density at radius 1 is 1.08 bits per heavy atom. The Kier molecular flexibility index (Phi) is 5.12. The highest BCUT2D eigenvalue weighted by Crippen LogP contribution is 2.30. The van der Waals surface area contributed by atoms with Crippen LogP contribution in [0.15, 0.2) is 48.7 Å². The molecule has 0 saturated heterocycles. The molecule has 2 N–H and O–H groups in total. The third-order valence-corrected chi connectivity index (χ3v) is 4.03. The molecule has 3 aromatic rings. The van der Waals surface area contributed by atoms with Gasteiger partial charge < -0.3 is 5.32 Å². The lowest BCUT2D eigenvalue weighted by molar-refractivity contribution is -0.137. The van der Waals surface area contributed by atoms with Crippen LogP contribution in [0.4, 0.5) is 28.8 Å². The second kappa shape index (κ2) is 7.48. The maximum absolute atomic E-state index is 12.7. The molecule has 0 bridgehead atoms. The van der Waals surface area contributed by atoms with E-state index in [1.54, 1.807) is 12.3 Å². The quantitative estimate of drug-likeness (QED) is 0.712. The summed E-state index contributed by atoms with van der Waals surface area (Å²) < 4.78 is 38.1. The summed E-state index contributed by atoms with van der Waals surface area (Å²) in [5.74, 6) is 0. The molecule has 6 nitrogen and oxygen atoms in total. The Labute approximate surface area is 150 Å². The topological polar surface area (TPSA) is 79.8 Å². The highest BCUT2D eigenvalue weighted by molar-refractivity contribution is 7.15. The number of benzene rings is 1. The van der Waals surface area contributed by atoms with Crippen molar-refractivity contribution >= 4 is 28.2 Å². The van der Waals surface area contributed by atoms with Crippen molar-refractivity contribution in [2.24, 2.45) is 0 Å². The fourth-order valence-corrected chi connectivity index (χ4v) is 2.82. The van der Waals surface area contributed by atoms with Crippen LogP contribution < -0.4 is 10.6 Å². The Morgan fingerprint density at radius 2 is 1.92 bits per heavy atom. The van der Waals surface area contributed by atoms with Gasteiger partial charge in [0, 0.05) is 24.0 Å². The Bertz CT molecular complexity index is 898. The summed E-state index contributed by atoms with van der Waals surface area (Å²) in [6.45, 7) is 0. The van der Waals surface area contributed by atoms with Crippen molar-refractivity contribution in [1.29, 1.82) is 0 Å². The molecular weight excluding hydrogens is 367 g/mol. The molecule has 0 aliphatic rings. The fraction of sp³-hybridized carbons (Fsp3) is 0.125. The fourth-order valence-electron chi connectivity index (χ4n) is 2.07. The molecule has 2 aromatic heterocycles. The molecule has 0 saturated carbocycles. The number of nitrogens with one attached hydrogen (secondary N) is 2. The predicted octanol–water partition coefficient (Wildman–Crippen LogP) is 4.19. The van der Waals surface area contributed by atoms with E-state index in [4.69, 9.17) is 0 Å². The maximum Gasteiger partial charge on any atom is 0.416 e. The van der Waals surface area contributed by atoms with Gasteiger partial charge in [-0.15, -0.1) is 10.2 Å². The largest absolute Gasteiger partial charge is 0.416 e. The number of nitrogens with zero attached hydrogens (tertiary/aromatic N) is 3. The zero-order chi connectivity index (χ0) is 18.6. The molecule has 26 heavy (non-hydrogen) atoms. The summed E-state index contributed by atoms with van der Waals surface area (Å²) in [5.41, 5.74) is -0.0111. The van der Waals surface area contributed by atoms with Gasteiger partial charge in [-0.1, -0.05) is 23.5 Å². The molecule has 10 heteroatoms. The van der Waals surface area contributed by atoms with Crippen molar-refractivity contribution in [3.05, 3.63) is 64.9 Å². The minimum atomic E-state index is -4.48. The van der Waals surface area contributed by atoms with Gasteiger partial charge in [0.2, 0.25) is 5.13 Å². The van der Waals surface area contributed by atoms with E-state index in [0.29, 0.717) is 11.4 Å². The van der Waals surface area contributed by atoms with Gasteiger partial charge >= 0.3 is 12.2 Å². The van der Waals surface area contributed by atoms with Crippen LogP contribution in [0, 0.1) is 0 Å². The van der Waals surface area contributed by atoms with Crippen molar-refractivity contribution in [2.45, 2.75) is 12.6 Å². The number of rotatable bonds is 4. The average Bonchev–Trinajstić information content (AvgIpc) is 3.02. The van der Waals surface area contributed by atoms with Crippen molar-refractivity contribution in [3.63, 3.8) is 0 Å². The van der Waals surface area contributed by atoms with Crippen molar-refractivity contribution < 1.29 is 18.0 Å². The standard InChI is InChI=1S/C16H12F3N5OS/c17-16(18,19)10-4-3-6-12(8-10)21-14(25)22-15-24-23-13(26-15)9-11-5-1-2-7-20-11/h1-8H,9H2,(H2,21,22,24,25). The number of pyridine rings is 1. The SMILES string of the molecule is O=C(Nc1cccc(C(F)(F)F)c1)Nc1nnc(Cc2ccccn2)s1. The van der Waals surface area contributed by atoms with Crippen LogP contribution >= 0.6 is 11.3 Å². The first-order valence-corrected chi connectivity index (χ1v) is 8.19. The molecule has 3 rings (SSSR count). The maximum atomic E-state index is 12.7. The molecule has 0 aliphatic heterocycles. The molecule has 0 atom stereocenters. The van der Waals surface area contributed by atoms with Crippen molar-refractivity contribution in [3.8, 4) is 0 Å². The van der Waals surface area contributed by atoms with E-state index in [2.05, 4.69) is 25.8 Å². The average molecular weight is 379 g/mol. The molecule has 0 fully saturated rings. The van der Waals surface area contributed by atoms with E-state index in [0.717, 1.165) is 29.2 Å². The van der Waals surface area contributed by atoms with Crippen LogP contribution in [0.25, 0.3) is 0 Å². The number of halogens is 3. The van der Waals surface area contributed by atoms with Gasteiger partial charge in [-0.25, -0.2) is 4.79 Å². The number of hydrogen-bond donors (Lipinski definition) is 2. The first kappa shape index (κ1) is 17.8. The van der Waals surface area contributed by atoms with Crippen LogP contribution in [-0.2, 0) is 12.6 Å². The van der Waals surface area contributed by atoms with Crippen LogP contribution in [0.3, 0.4) is 0 Å². The Hall–Kier alpha value is -3.01. The second-order valence-electron chi connectivity index (χ2n) is 5.16. The van der Waals surface area contributed by atoms with Crippen LogP contribution in [0.2, 0.25) is 0 Å². The highest BCUT2D eigenvalue weighted by atomic mass is 32.1. The third kappa shape index (κ3) is 4.76. The zero-order valence-electron chi connectivity index (χ0n) is 13.1. The van der Waals surface area contributed by atoms with Gasteiger partial charge in [0.05, 0.1) is 5.56 Å². The summed E-state index contributed by atoms with van der Waals surface area (Å²) in [4.78, 5) is 16.1. The first-order valence-electron chi connectivity index (χ1n) is 7.38. The molecule has 2 amide bonds. The number of carbonyl (C=O) groups excluding carboxylic acids is 1. The zero-order valence-corrected chi connectivity index (χ0v) is 13.9. The van der Waals surface area contributed by atoms with Gasteiger partial charge in [-0.05, 0) is 30.3 Å². The number of anilines is 2. The lowest BCUT2D eigenvalue weighted by Gasteiger charge is -2.09. The summed E-state index contributed by atoms with van der Waals surface area (Å²) in [7, 11) is 0. The highest BCUT2D eigenvalue weighted by Gasteiger charge is 2.30. The number of amides is 2. The molecule has 0 spiro atoms. The minimum absolute atomic E-state index is 0.0237. The predicted molar refractivity (Wildman–Crippen MR) is 91.0 cm³/mol. The Balaban J connectivity index is 1.60. The van der Waals surface area contributed by atoms with Crippen LogP contribution in [-0.4, -0.2) is 21.2 Å². The van der Waals surface area contributed by atoms with E-state index >= 15 is 0 Å². The minimum Gasteiger partial charge on any atom is -0.308 e. The molecular formula is C16H12F3N5OS. The number of alkyl halides is 3. The lowest BCUT2D eigenvalue weighted by Crippen LogP contribution is -2.19. The van der Waals surface area contributed by atoms with Gasteiger partial charge in [-0.3, -0.25) is 10.3 Å². The van der Waals surface area contributed by atoms with E-state index in [1.807, 2.05) is 12.1 Å². The molecule has 0 radical (unpaired) electrons.